The third-order valence-electron chi connectivity index (χ3n) is 3.45. The number of halogens is 1. The number of unbranched alkanes of at least 4 members (excludes halogenated alkanes) is 2. The van der Waals surface area contributed by atoms with E-state index < -0.39 is 0 Å². The number of nitrogens with one attached hydrogen (secondary N) is 2. The van der Waals surface area contributed by atoms with Gasteiger partial charge in [0.2, 0.25) is 5.95 Å². The molecule has 1 aliphatic rings. The summed E-state index contributed by atoms with van der Waals surface area (Å²) in [4.78, 5) is 15.5. The van der Waals surface area contributed by atoms with Crippen molar-refractivity contribution in [1.82, 2.24) is 15.3 Å². The molecule has 0 spiro atoms. The van der Waals surface area contributed by atoms with Crippen molar-refractivity contribution < 1.29 is 0 Å². The van der Waals surface area contributed by atoms with E-state index in [9.17, 15) is 0 Å². The standard InChI is InChI=1S/C15H25ClN6/c1-3-5-9-22(10-6-4-2)15-19-12(16)11-13(21-15)20-14-17-7-8-18-14/h11H,3-10H2,1-2H3,(H2,17,18,19,20,21). The molecule has 6 nitrogen and oxygen atoms in total. The first-order valence-electron chi connectivity index (χ1n) is 8.07. The summed E-state index contributed by atoms with van der Waals surface area (Å²) in [6.45, 7) is 7.92. The monoisotopic (exact) mass is 324 g/mol. The summed E-state index contributed by atoms with van der Waals surface area (Å²) < 4.78 is 0. The van der Waals surface area contributed by atoms with Crippen molar-refractivity contribution in [3.05, 3.63) is 11.2 Å². The van der Waals surface area contributed by atoms with E-state index in [1.165, 1.54) is 0 Å². The van der Waals surface area contributed by atoms with Crippen molar-refractivity contribution >= 4 is 29.3 Å². The molecule has 7 heteroatoms. The number of rotatable bonds is 8. The second kappa shape index (κ2) is 8.78. The Morgan fingerprint density at radius 2 is 1.95 bits per heavy atom. The van der Waals surface area contributed by atoms with Gasteiger partial charge in [0.05, 0.1) is 6.54 Å². The van der Waals surface area contributed by atoms with E-state index in [-0.39, 0.29) is 0 Å². The first-order valence-corrected chi connectivity index (χ1v) is 8.45. The topological polar surface area (TPSA) is 65.4 Å². The molecule has 1 aromatic heterocycles. The molecule has 122 valence electrons. The number of hydrogen-bond acceptors (Lipinski definition) is 6. The minimum absolute atomic E-state index is 0.448. The third kappa shape index (κ3) is 5.02. The Balaban J connectivity index is 2.13. The Morgan fingerprint density at radius 3 is 2.55 bits per heavy atom. The van der Waals surface area contributed by atoms with Crippen LogP contribution in [0.4, 0.5) is 11.8 Å². The molecule has 0 fully saturated rings. The van der Waals surface area contributed by atoms with Gasteiger partial charge in [-0.1, -0.05) is 38.3 Å². The highest BCUT2D eigenvalue weighted by Gasteiger charge is 2.13. The van der Waals surface area contributed by atoms with Gasteiger partial charge in [0.1, 0.15) is 11.0 Å². The lowest BCUT2D eigenvalue weighted by Crippen LogP contribution is -2.29. The molecule has 0 aromatic carbocycles. The zero-order valence-corrected chi connectivity index (χ0v) is 14.2. The zero-order valence-electron chi connectivity index (χ0n) is 13.4. The molecule has 2 N–H and O–H groups in total. The predicted octanol–water partition coefficient (Wildman–Crippen LogP) is 2.91. The molecule has 22 heavy (non-hydrogen) atoms. The van der Waals surface area contributed by atoms with Crippen LogP contribution in [0.5, 0.6) is 0 Å². The number of hydrogen-bond donors (Lipinski definition) is 2. The van der Waals surface area contributed by atoms with E-state index in [0.29, 0.717) is 16.9 Å². The van der Waals surface area contributed by atoms with Gasteiger partial charge in [-0.05, 0) is 12.8 Å². The van der Waals surface area contributed by atoms with Crippen LogP contribution in [0.1, 0.15) is 39.5 Å². The fraction of sp³-hybridized carbons (Fsp3) is 0.667. The van der Waals surface area contributed by atoms with Crippen molar-refractivity contribution in [2.45, 2.75) is 39.5 Å². The molecule has 0 unspecified atom stereocenters. The Morgan fingerprint density at radius 1 is 1.23 bits per heavy atom. The molecular formula is C15H25ClN6. The summed E-state index contributed by atoms with van der Waals surface area (Å²) in [6, 6.07) is 1.73. The maximum absolute atomic E-state index is 6.17. The lowest BCUT2D eigenvalue weighted by molar-refractivity contribution is 0.663. The van der Waals surface area contributed by atoms with Crippen molar-refractivity contribution in [3.8, 4) is 0 Å². The van der Waals surface area contributed by atoms with Crippen LogP contribution in [-0.2, 0) is 0 Å². The van der Waals surface area contributed by atoms with Crippen LogP contribution in [0.3, 0.4) is 0 Å². The van der Waals surface area contributed by atoms with Crippen molar-refractivity contribution in [3.63, 3.8) is 0 Å². The van der Waals surface area contributed by atoms with Crippen LogP contribution in [0.15, 0.2) is 11.1 Å². The van der Waals surface area contributed by atoms with E-state index in [4.69, 9.17) is 11.6 Å². The van der Waals surface area contributed by atoms with Gasteiger partial charge in [-0.25, -0.2) is 4.98 Å². The van der Waals surface area contributed by atoms with Gasteiger partial charge < -0.3 is 15.5 Å². The number of nitrogens with zero attached hydrogens (tertiary/aromatic N) is 4. The second-order valence-electron chi connectivity index (χ2n) is 5.35. The van der Waals surface area contributed by atoms with Crippen molar-refractivity contribution in [1.29, 1.82) is 0 Å². The van der Waals surface area contributed by atoms with Gasteiger partial charge >= 0.3 is 0 Å². The minimum atomic E-state index is 0.448. The van der Waals surface area contributed by atoms with Gasteiger partial charge in [-0.2, -0.15) is 4.98 Å². The summed E-state index contributed by atoms with van der Waals surface area (Å²) in [7, 11) is 0. The molecule has 0 saturated carbocycles. The average molecular weight is 325 g/mol. The molecule has 2 heterocycles. The van der Waals surface area contributed by atoms with E-state index in [1.54, 1.807) is 6.07 Å². The molecule has 0 bridgehead atoms. The Hall–Kier alpha value is -1.56. The van der Waals surface area contributed by atoms with E-state index in [2.05, 4.69) is 44.3 Å². The molecule has 0 atom stereocenters. The predicted molar refractivity (Wildman–Crippen MR) is 93.0 cm³/mol. The summed E-state index contributed by atoms with van der Waals surface area (Å²) in [6.07, 6.45) is 4.54. The van der Waals surface area contributed by atoms with Crippen LogP contribution in [0.25, 0.3) is 0 Å². The zero-order chi connectivity index (χ0) is 15.8. The molecule has 0 aliphatic carbocycles. The van der Waals surface area contributed by atoms with Gasteiger partial charge in [0, 0.05) is 25.7 Å². The van der Waals surface area contributed by atoms with E-state index >= 15 is 0 Å². The summed E-state index contributed by atoms with van der Waals surface area (Å²) in [5, 5.41) is 6.78. The summed E-state index contributed by atoms with van der Waals surface area (Å²) >= 11 is 6.17. The highest BCUT2D eigenvalue weighted by molar-refractivity contribution is 6.29. The quantitative estimate of drug-likeness (QED) is 0.720. The number of aromatic nitrogens is 2. The van der Waals surface area contributed by atoms with Gasteiger partial charge in [0.15, 0.2) is 5.96 Å². The first-order chi connectivity index (χ1) is 10.7. The highest BCUT2D eigenvalue weighted by atomic mass is 35.5. The SMILES string of the molecule is CCCCN(CCCC)c1nc(Cl)cc(NC2=NCCN2)n1. The lowest BCUT2D eigenvalue weighted by atomic mass is 10.3. The second-order valence-corrected chi connectivity index (χ2v) is 5.74. The van der Waals surface area contributed by atoms with Crippen LogP contribution < -0.4 is 15.5 Å². The Kier molecular flexibility index (Phi) is 6.71. The highest BCUT2D eigenvalue weighted by Crippen LogP contribution is 2.18. The normalized spacial score (nSPS) is 13.7. The fourth-order valence-electron chi connectivity index (χ4n) is 2.22. The minimum Gasteiger partial charge on any atom is -0.354 e. The van der Waals surface area contributed by atoms with E-state index in [0.717, 1.165) is 57.8 Å². The van der Waals surface area contributed by atoms with Crippen molar-refractivity contribution in [2.24, 2.45) is 4.99 Å². The number of guanidine groups is 1. The van der Waals surface area contributed by atoms with Gasteiger partial charge in [-0.3, -0.25) is 4.99 Å². The molecule has 0 radical (unpaired) electrons. The Labute approximate surface area is 137 Å². The van der Waals surface area contributed by atoms with Crippen LogP contribution >= 0.6 is 11.6 Å². The maximum Gasteiger partial charge on any atom is 0.228 e. The van der Waals surface area contributed by atoms with Gasteiger partial charge in [-0.15, -0.1) is 0 Å². The summed E-state index contributed by atoms with van der Waals surface area (Å²) in [5.74, 6) is 2.12. The van der Waals surface area contributed by atoms with Crippen LogP contribution in [0.2, 0.25) is 5.15 Å². The van der Waals surface area contributed by atoms with Gasteiger partial charge in [0.25, 0.3) is 0 Å². The van der Waals surface area contributed by atoms with E-state index in [1.807, 2.05) is 0 Å². The largest absolute Gasteiger partial charge is 0.354 e. The lowest BCUT2D eigenvalue weighted by Gasteiger charge is -2.23. The smallest absolute Gasteiger partial charge is 0.228 e. The molecule has 0 saturated heterocycles. The molecule has 1 aromatic rings. The Bertz CT molecular complexity index is 497. The van der Waals surface area contributed by atoms with Crippen molar-refractivity contribution in [2.75, 3.05) is 36.4 Å². The maximum atomic E-state index is 6.17. The third-order valence-corrected chi connectivity index (χ3v) is 3.64. The number of anilines is 2. The fourth-order valence-corrected chi connectivity index (χ4v) is 2.40. The van der Waals surface area contributed by atoms with Crippen LogP contribution in [0, 0.1) is 0 Å². The van der Waals surface area contributed by atoms with Crippen LogP contribution in [-0.4, -0.2) is 42.1 Å². The first kappa shape index (κ1) is 16.8. The number of aliphatic imine (C=N–C) groups is 1. The average Bonchev–Trinajstić information content (AvgIpc) is 2.99. The molecule has 0 amide bonds. The molecule has 2 rings (SSSR count). The molecule has 1 aliphatic heterocycles. The molecular weight excluding hydrogens is 300 g/mol. The summed E-state index contributed by atoms with van der Waals surface area (Å²) in [5.41, 5.74) is 0.